The van der Waals surface area contributed by atoms with Crippen molar-refractivity contribution in [3.05, 3.63) is 35.4 Å². The largest absolute Gasteiger partial charge is 2.00 e. The summed E-state index contributed by atoms with van der Waals surface area (Å²) in [5.74, 6) is -0.648. The summed E-state index contributed by atoms with van der Waals surface area (Å²) in [6.45, 7) is 4.38. The normalized spacial score (nSPS) is 10.9. The van der Waals surface area contributed by atoms with Gasteiger partial charge in [0.15, 0.2) is 0 Å². The van der Waals surface area contributed by atoms with Crippen LogP contribution in [0.3, 0.4) is 0 Å². The van der Waals surface area contributed by atoms with Crippen LogP contribution in [-0.4, -0.2) is 5.78 Å². The summed E-state index contributed by atoms with van der Waals surface area (Å²) in [5, 5.41) is 25.8. The Bertz CT molecular complexity index is 801. The average molecular weight is 469 g/mol. The van der Waals surface area contributed by atoms with Gasteiger partial charge in [0.05, 0.1) is 0 Å². The van der Waals surface area contributed by atoms with Crippen LogP contribution in [0.1, 0.15) is 102 Å². The molecule has 0 aromatic heterocycles. The Hall–Kier alpha value is -1.54. The molecule has 0 aliphatic heterocycles. The molecule has 2 rings (SSSR count). The summed E-state index contributed by atoms with van der Waals surface area (Å²) in [6.07, 6.45) is 14.7. The predicted octanol–water partition coefficient (Wildman–Crippen LogP) is 6.36. The third-order valence-electron chi connectivity index (χ3n) is 5.99. The zero-order valence-corrected chi connectivity index (χ0v) is 20.2. The second-order valence-corrected chi connectivity index (χ2v) is 8.60. The summed E-state index contributed by atoms with van der Waals surface area (Å²) >= 11 is 0. The minimum Gasteiger partial charge on any atom is -0.873 e. The second kappa shape index (κ2) is 15.3. The van der Waals surface area contributed by atoms with Crippen molar-refractivity contribution in [1.82, 2.24) is 0 Å². The first-order chi connectivity index (χ1) is 14.6. The van der Waals surface area contributed by atoms with Gasteiger partial charge in [-0.15, -0.1) is 11.5 Å². The van der Waals surface area contributed by atoms with Crippen LogP contribution < -0.4 is 10.2 Å². The van der Waals surface area contributed by atoms with Crippen molar-refractivity contribution in [3.63, 3.8) is 0 Å². The summed E-state index contributed by atoms with van der Waals surface area (Å²) in [4.78, 5) is 12.6. The molecule has 0 aliphatic rings. The van der Waals surface area contributed by atoms with E-state index in [2.05, 4.69) is 13.8 Å². The Morgan fingerprint density at radius 3 is 2.10 bits per heavy atom. The molecule has 0 N–H and O–H groups in total. The molecule has 0 fully saturated rings. The number of carbonyl (C=O) groups excluding carboxylic acids is 1. The van der Waals surface area contributed by atoms with Gasteiger partial charge in [-0.1, -0.05) is 95.9 Å². The molecular weight excluding hydrogens is 431 g/mol. The van der Waals surface area contributed by atoms with Gasteiger partial charge < -0.3 is 10.2 Å². The van der Waals surface area contributed by atoms with Crippen molar-refractivity contribution >= 4 is 16.6 Å². The van der Waals surface area contributed by atoms with E-state index < -0.39 is 11.5 Å². The molecule has 3 nitrogen and oxygen atoms in total. The van der Waals surface area contributed by atoms with E-state index in [-0.39, 0.29) is 22.3 Å². The van der Waals surface area contributed by atoms with Crippen molar-refractivity contribution in [2.24, 2.45) is 0 Å². The van der Waals surface area contributed by atoms with Gasteiger partial charge in [-0.25, -0.2) is 0 Å². The number of fused-ring (bicyclic) bond motifs is 1. The van der Waals surface area contributed by atoms with Crippen LogP contribution in [-0.2, 0) is 34.1 Å². The molecule has 0 unspecified atom stereocenters. The van der Waals surface area contributed by atoms with E-state index in [4.69, 9.17) is 0 Å². The van der Waals surface area contributed by atoms with E-state index in [0.717, 1.165) is 55.0 Å². The molecule has 0 radical (unpaired) electrons. The first-order valence-corrected chi connectivity index (χ1v) is 12.0. The standard InChI is InChI=1S/C27H40O3.Ni/c1-3-5-7-8-9-10-11-13-17-23(28)19-21-16-14-18-24-26(21)22(15-12-6-4-2)20-25(29)27(24)30;/h14,16,18,20,29-30H,3-13,15,17,19H2,1-2H3;/q;+2/p-2. The fourth-order valence-electron chi connectivity index (χ4n) is 4.26. The van der Waals surface area contributed by atoms with Gasteiger partial charge in [-0.3, -0.25) is 4.79 Å². The number of aryl methyl sites for hydroxylation is 1. The Balaban J connectivity index is 0.00000480. The van der Waals surface area contributed by atoms with Crippen molar-refractivity contribution < 1.29 is 31.5 Å². The van der Waals surface area contributed by atoms with Crippen molar-refractivity contribution in [2.75, 3.05) is 0 Å². The van der Waals surface area contributed by atoms with Gasteiger partial charge in [0, 0.05) is 12.8 Å². The molecule has 174 valence electrons. The number of unbranched alkanes of at least 4 members (excludes halogenated alkanes) is 9. The fourth-order valence-corrected chi connectivity index (χ4v) is 4.26. The van der Waals surface area contributed by atoms with Gasteiger partial charge in [0.25, 0.3) is 0 Å². The number of benzene rings is 2. The number of Topliss-reactive ketones (excluding diaryl/α,β-unsaturated/α-hetero) is 1. The molecule has 0 amide bonds. The van der Waals surface area contributed by atoms with E-state index in [1.165, 1.54) is 44.6 Å². The monoisotopic (exact) mass is 468 g/mol. The molecular formula is C27H38NiO3. The predicted molar refractivity (Wildman–Crippen MR) is 122 cm³/mol. The summed E-state index contributed by atoms with van der Waals surface area (Å²) in [7, 11) is 0. The molecule has 0 atom stereocenters. The number of ketones is 1. The van der Waals surface area contributed by atoms with Crippen molar-refractivity contribution in [1.29, 1.82) is 0 Å². The maximum Gasteiger partial charge on any atom is 2.00 e. The van der Waals surface area contributed by atoms with Gasteiger partial charge in [0.1, 0.15) is 5.78 Å². The maximum atomic E-state index is 12.6. The van der Waals surface area contributed by atoms with E-state index in [1.54, 1.807) is 12.1 Å². The van der Waals surface area contributed by atoms with Crippen LogP contribution in [0.4, 0.5) is 0 Å². The molecule has 0 saturated carbocycles. The molecule has 0 heterocycles. The molecule has 4 heteroatoms. The van der Waals surface area contributed by atoms with Gasteiger partial charge in [-0.2, -0.15) is 0 Å². The molecule has 2 aromatic carbocycles. The zero-order valence-electron chi connectivity index (χ0n) is 19.2. The molecule has 0 aliphatic carbocycles. The van der Waals surface area contributed by atoms with Crippen molar-refractivity contribution in [3.8, 4) is 11.5 Å². The Morgan fingerprint density at radius 2 is 1.42 bits per heavy atom. The molecule has 31 heavy (non-hydrogen) atoms. The van der Waals surface area contributed by atoms with Crippen molar-refractivity contribution in [2.45, 2.75) is 104 Å². The topological polar surface area (TPSA) is 63.2 Å². The Labute approximate surface area is 198 Å². The number of hydrogen-bond donors (Lipinski definition) is 0. The van der Waals surface area contributed by atoms with Crippen LogP contribution >= 0.6 is 0 Å². The maximum absolute atomic E-state index is 12.6. The molecule has 0 spiro atoms. The minimum absolute atomic E-state index is 0. The van der Waals surface area contributed by atoms with Crippen LogP contribution in [0.5, 0.6) is 11.5 Å². The first-order valence-electron chi connectivity index (χ1n) is 12.0. The summed E-state index contributed by atoms with van der Waals surface area (Å²) in [5.41, 5.74) is 1.83. The van der Waals surface area contributed by atoms with E-state index in [0.29, 0.717) is 18.2 Å². The quantitative estimate of drug-likeness (QED) is 0.225. The Morgan fingerprint density at radius 1 is 0.806 bits per heavy atom. The fraction of sp³-hybridized carbons (Fsp3) is 0.593. The summed E-state index contributed by atoms with van der Waals surface area (Å²) in [6, 6.07) is 6.99. The third-order valence-corrected chi connectivity index (χ3v) is 5.99. The van der Waals surface area contributed by atoms with E-state index >= 15 is 0 Å². The van der Waals surface area contributed by atoms with Crippen LogP contribution in [0.2, 0.25) is 0 Å². The van der Waals surface area contributed by atoms with Crippen LogP contribution in [0.15, 0.2) is 24.3 Å². The molecule has 0 bridgehead atoms. The van der Waals surface area contributed by atoms with Crippen LogP contribution in [0, 0.1) is 0 Å². The molecule has 0 saturated heterocycles. The third kappa shape index (κ3) is 8.85. The van der Waals surface area contributed by atoms with Gasteiger partial charge in [-0.05, 0) is 41.2 Å². The van der Waals surface area contributed by atoms with E-state index in [1.807, 2.05) is 6.07 Å². The number of carbonyl (C=O) groups is 1. The zero-order chi connectivity index (χ0) is 21.8. The Kier molecular flexibility index (Phi) is 13.6. The second-order valence-electron chi connectivity index (χ2n) is 8.60. The van der Waals surface area contributed by atoms with Gasteiger partial charge in [0.2, 0.25) is 0 Å². The van der Waals surface area contributed by atoms with Crippen LogP contribution in [0.25, 0.3) is 10.8 Å². The minimum atomic E-state index is -0.443. The SMILES string of the molecule is CCCCCCCCCCC(=O)Cc1cccc2c([O-])c([O-])cc(CCCCC)c12.[Ni+2]. The van der Waals surface area contributed by atoms with Gasteiger partial charge >= 0.3 is 16.5 Å². The van der Waals surface area contributed by atoms with E-state index in [9.17, 15) is 15.0 Å². The number of rotatable bonds is 15. The first kappa shape index (κ1) is 27.5. The smallest absolute Gasteiger partial charge is 0.873 e. The average Bonchev–Trinajstić information content (AvgIpc) is 2.73. The molecule has 2 aromatic rings. The number of hydrogen-bond acceptors (Lipinski definition) is 3. The summed E-state index contributed by atoms with van der Waals surface area (Å²) < 4.78 is 0.